The van der Waals surface area contributed by atoms with E-state index in [1.807, 2.05) is 27.8 Å². The van der Waals surface area contributed by atoms with Gasteiger partial charge in [-0.05, 0) is 6.92 Å². The third-order valence-electron chi connectivity index (χ3n) is 2.38. The standard InChI is InChI=1S/C9H19NO3.C4H8O2.C2H6.CH5N/c1-4-13-8-7-10(2)6-5-9(11)12-3;1-3-4(5)6-2;2*1-2/h4-8H2,1-3H3;3H2,1-2H3;1-2H3;2H2,1H3/p+2. The molecule has 0 aliphatic rings. The Bertz CT molecular complexity index is 233. The van der Waals surface area contributed by atoms with Crippen molar-refractivity contribution in [1.82, 2.24) is 0 Å². The number of likely N-dealkylation sites (N-methyl/N-ethyl adjacent to an activating group) is 1. The summed E-state index contributed by atoms with van der Waals surface area (Å²) in [6.07, 6.45) is 0.949. The molecule has 7 heteroatoms. The van der Waals surface area contributed by atoms with Gasteiger partial charge in [0, 0.05) is 13.0 Å². The molecule has 0 saturated heterocycles. The number of ether oxygens (including phenoxy) is 3. The molecule has 0 aliphatic carbocycles. The Morgan fingerprint density at radius 3 is 1.74 bits per heavy atom. The van der Waals surface area contributed by atoms with E-state index in [2.05, 4.69) is 15.2 Å². The summed E-state index contributed by atoms with van der Waals surface area (Å²) in [6, 6.07) is 0. The van der Waals surface area contributed by atoms with Gasteiger partial charge in [0.1, 0.15) is 6.54 Å². The van der Waals surface area contributed by atoms with Gasteiger partial charge in [-0.25, -0.2) is 0 Å². The Kier molecular flexibility index (Phi) is 37.4. The molecule has 0 saturated carbocycles. The summed E-state index contributed by atoms with van der Waals surface area (Å²) in [5.41, 5.74) is 3.25. The van der Waals surface area contributed by atoms with Crippen molar-refractivity contribution in [3.63, 3.8) is 0 Å². The molecule has 7 nitrogen and oxygen atoms in total. The van der Waals surface area contributed by atoms with Crippen LogP contribution in [0, 0.1) is 0 Å². The number of carbonyl (C=O) groups is 2. The monoisotopic (exact) mass is 340 g/mol. The van der Waals surface area contributed by atoms with E-state index in [0.29, 0.717) is 12.8 Å². The predicted molar refractivity (Wildman–Crippen MR) is 92.2 cm³/mol. The second kappa shape index (κ2) is 28.9. The highest BCUT2D eigenvalue weighted by Crippen LogP contribution is 1.78. The molecule has 0 fully saturated rings. The number of carbonyl (C=O) groups excluding carboxylic acids is 2. The van der Waals surface area contributed by atoms with Gasteiger partial charge >= 0.3 is 11.9 Å². The van der Waals surface area contributed by atoms with Gasteiger partial charge in [0.2, 0.25) is 0 Å². The fraction of sp³-hybridized carbons (Fsp3) is 0.875. The summed E-state index contributed by atoms with van der Waals surface area (Å²) in [7, 11) is 6.59. The van der Waals surface area contributed by atoms with Crippen molar-refractivity contribution in [3.8, 4) is 0 Å². The number of hydrogen-bond donors (Lipinski definition) is 2. The maximum absolute atomic E-state index is 10.8. The van der Waals surface area contributed by atoms with Crippen molar-refractivity contribution >= 4 is 11.9 Å². The first-order valence-corrected chi connectivity index (χ1v) is 8.25. The number of rotatable bonds is 8. The molecule has 142 valence electrons. The number of hydrogen-bond acceptors (Lipinski definition) is 5. The maximum atomic E-state index is 10.8. The average molecular weight is 341 g/mol. The van der Waals surface area contributed by atoms with Crippen LogP contribution in [0.1, 0.15) is 40.5 Å². The van der Waals surface area contributed by atoms with Gasteiger partial charge in [0.15, 0.2) is 0 Å². The van der Waals surface area contributed by atoms with Crippen LogP contribution in [0.4, 0.5) is 0 Å². The van der Waals surface area contributed by atoms with Gasteiger partial charge in [0.05, 0.1) is 47.9 Å². The van der Waals surface area contributed by atoms with Gasteiger partial charge in [-0.1, -0.05) is 20.8 Å². The molecule has 1 atom stereocenters. The fourth-order valence-electron chi connectivity index (χ4n) is 1.08. The molecule has 0 heterocycles. The van der Waals surface area contributed by atoms with E-state index in [9.17, 15) is 9.59 Å². The molecule has 0 rings (SSSR count). The predicted octanol–water partition coefficient (Wildman–Crippen LogP) is -0.446. The van der Waals surface area contributed by atoms with E-state index < -0.39 is 0 Å². The zero-order chi connectivity index (χ0) is 19.1. The summed E-state index contributed by atoms with van der Waals surface area (Å²) < 4.78 is 14.0. The zero-order valence-electron chi connectivity index (χ0n) is 16.5. The summed E-state index contributed by atoms with van der Waals surface area (Å²) in [5, 5.41) is 0. The SMILES string of the molecule is CC.CCC(=O)OC.CCOCC[NH+](C)CCC(=O)OC.C[NH3+]. The second-order valence-electron chi connectivity index (χ2n) is 3.91. The van der Waals surface area contributed by atoms with Crippen LogP contribution in [0.15, 0.2) is 0 Å². The summed E-state index contributed by atoms with van der Waals surface area (Å²) in [4.78, 5) is 22.0. The minimum atomic E-state index is -0.157. The molecule has 0 aromatic heterocycles. The number of nitrogens with one attached hydrogen (secondary N) is 1. The lowest BCUT2D eigenvalue weighted by molar-refractivity contribution is -0.879. The molecule has 1 unspecified atom stereocenters. The number of quaternary nitrogens is 2. The van der Waals surface area contributed by atoms with E-state index in [4.69, 9.17) is 4.74 Å². The Morgan fingerprint density at radius 2 is 1.43 bits per heavy atom. The van der Waals surface area contributed by atoms with E-state index in [-0.39, 0.29) is 11.9 Å². The second-order valence-corrected chi connectivity index (χ2v) is 3.91. The van der Waals surface area contributed by atoms with E-state index in [1.54, 1.807) is 14.0 Å². The largest absolute Gasteiger partial charge is 0.469 e. The van der Waals surface area contributed by atoms with Crippen LogP contribution in [-0.2, 0) is 23.8 Å². The Hall–Kier alpha value is -1.18. The molecule has 0 aliphatic heterocycles. The number of esters is 2. The molecule has 0 bridgehead atoms. The smallest absolute Gasteiger partial charge is 0.311 e. The quantitative estimate of drug-likeness (QED) is 0.461. The first kappa shape index (κ1) is 29.8. The van der Waals surface area contributed by atoms with Crippen molar-refractivity contribution in [2.24, 2.45) is 0 Å². The van der Waals surface area contributed by atoms with Gasteiger partial charge < -0.3 is 24.8 Å². The third-order valence-corrected chi connectivity index (χ3v) is 2.38. The van der Waals surface area contributed by atoms with Crippen LogP contribution >= 0.6 is 0 Å². The summed E-state index contributed by atoms with van der Waals surface area (Å²) in [5.74, 6) is -0.300. The molecule has 0 aromatic carbocycles. The van der Waals surface area contributed by atoms with Crippen LogP contribution in [0.5, 0.6) is 0 Å². The Morgan fingerprint density at radius 1 is 0.957 bits per heavy atom. The minimum absolute atomic E-state index is 0.143. The lowest BCUT2D eigenvalue weighted by Gasteiger charge is -2.12. The van der Waals surface area contributed by atoms with E-state index in [0.717, 1.165) is 26.3 Å². The first-order valence-electron chi connectivity index (χ1n) is 8.25. The van der Waals surface area contributed by atoms with Crippen molar-refractivity contribution in [2.75, 3.05) is 54.6 Å². The van der Waals surface area contributed by atoms with Gasteiger partial charge in [-0.15, -0.1) is 0 Å². The van der Waals surface area contributed by atoms with Crippen molar-refractivity contribution in [3.05, 3.63) is 0 Å². The van der Waals surface area contributed by atoms with Crippen molar-refractivity contribution in [2.45, 2.75) is 40.5 Å². The first-order chi connectivity index (χ1) is 11.0. The normalized spacial score (nSPS) is 9.61. The van der Waals surface area contributed by atoms with Gasteiger partial charge in [0.25, 0.3) is 0 Å². The average Bonchev–Trinajstić information content (AvgIpc) is 2.63. The Balaban J connectivity index is -0.000000151. The molecular formula is C16H40N2O5+2. The van der Waals surface area contributed by atoms with Crippen molar-refractivity contribution in [1.29, 1.82) is 0 Å². The van der Waals surface area contributed by atoms with E-state index in [1.165, 1.54) is 19.1 Å². The van der Waals surface area contributed by atoms with Crippen LogP contribution in [0.3, 0.4) is 0 Å². The number of methoxy groups -OCH3 is 2. The summed E-state index contributed by atoms with van der Waals surface area (Å²) >= 11 is 0. The zero-order valence-corrected chi connectivity index (χ0v) is 16.5. The fourth-order valence-corrected chi connectivity index (χ4v) is 1.08. The highest BCUT2D eigenvalue weighted by atomic mass is 16.5. The van der Waals surface area contributed by atoms with Crippen LogP contribution in [0.2, 0.25) is 0 Å². The molecule has 0 aromatic rings. The van der Waals surface area contributed by atoms with Crippen LogP contribution in [-0.4, -0.2) is 66.6 Å². The highest BCUT2D eigenvalue weighted by molar-refractivity contribution is 5.69. The molecule has 0 radical (unpaired) electrons. The lowest BCUT2D eigenvalue weighted by Crippen LogP contribution is -3.09. The Labute approximate surface area is 142 Å². The summed E-state index contributed by atoms with van der Waals surface area (Å²) in [6.45, 7) is 11.0. The molecule has 0 spiro atoms. The highest BCUT2D eigenvalue weighted by Gasteiger charge is 2.06. The lowest BCUT2D eigenvalue weighted by atomic mass is 10.4. The third kappa shape index (κ3) is 33.6. The molecule has 4 N–H and O–H groups in total. The van der Waals surface area contributed by atoms with E-state index >= 15 is 0 Å². The van der Waals surface area contributed by atoms with Crippen LogP contribution in [0.25, 0.3) is 0 Å². The van der Waals surface area contributed by atoms with Gasteiger partial charge in [-0.2, -0.15) is 0 Å². The van der Waals surface area contributed by atoms with Crippen LogP contribution < -0.4 is 10.6 Å². The molecule has 23 heavy (non-hydrogen) atoms. The molecular weight excluding hydrogens is 300 g/mol. The van der Waals surface area contributed by atoms with Crippen molar-refractivity contribution < 1.29 is 34.4 Å². The maximum Gasteiger partial charge on any atom is 0.311 e. The van der Waals surface area contributed by atoms with Gasteiger partial charge in [-0.3, -0.25) is 9.59 Å². The molecule has 0 amide bonds. The minimum Gasteiger partial charge on any atom is -0.469 e. The topological polar surface area (TPSA) is 93.9 Å².